The van der Waals surface area contributed by atoms with Gasteiger partial charge in [-0.25, -0.2) is 0 Å². The van der Waals surface area contributed by atoms with Gasteiger partial charge in [0.15, 0.2) is 0 Å². The Labute approximate surface area is 237 Å². The van der Waals surface area contributed by atoms with Crippen molar-refractivity contribution in [2.75, 3.05) is 52.9 Å². The molecule has 4 saturated heterocycles. The molecule has 4 aliphatic rings. The molecule has 41 heavy (non-hydrogen) atoms. The Morgan fingerprint density at radius 1 is 0.561 bits per heavy atom. The van der Waals surface area contributed by atoms with Gasteiger partial charge in [0.25, 0.3) is 0 Å². The molecule has 0 aliphatic carbocycles. The molecule has 4 aromatic carbocycles. The minimum absolute atomic E-state index is 0.0875. The first-order chi connectivity index (χ1) is 20.2. The number of ether oxygens (including phenoxy) is 8. The van der Waals surface area contributed by atoms with Crippen molar-refractivity contribution in [3.8, 4) is 23.0 Å². The van der Waals surface area contributed by atoms with Gasteiger partial charge in [0.05, 0.1) is 33.0 Å². The SMILES string of the molecule is c1cc2ccc(OC[C@H]3CO3)c(Cc3c(OCC4CO4)ccc4ccc(OC5COC5)cc34)c2cc1OCC1CO1. The predicted molar refractivity (Wildman–Crippen MR) is 152 cm³/mol. The summed E-state index contributed by atoms with van der Waals surface area (Å²) in [5.41, 5.74) is 2.16. The van der Waals surface area contributed by atoms with Crippen molar-refractivity contribution in [2.45, 2.75) is 30.8 Å². The van der Waals surface area contributed by atoms with Crippen LogP contribution in [0.25, 0.3) is 21.5 Å². The molecule has 0 amide bonds. The van der Waals surface area contributed by atoms with Crippen LogP contribution < -0.4 is 18.9 Å². The van der Waals surface area contributed by atoms with Gasteiger partial charge in [-0.05, 0) is 57.9 Å². The first-order valence-corrected chi connectivity index (χ1v) is 14.3. The molecular formula is C33H32O8. The highest BCUT2D eigenvalue weighted by molar-refractivity contribution is 5.93. The van der Waals surface area contributed by atoms with Gasteiger partial charge in [-0.2, -0.15) is 0 Å². The lowest BCUT2D eigenvalue weighted by atomic mass is 9.93. The van der Waals surface area contributed by atoms with Crippen LogP contribution in [0.4, 0.5) is 0 Å². The Balaban J connectivity index is 1.22. The highest BCUT2D eigenvalue weighted by Crippen LogP contribution is 2.39. The maximum atomic E-state index is 6.37. The van der Waals surface area contributed by atoms with Crippen molar-refractivity contribution >= 4 is 21.5 Å². The summed E-state index contributed by atoms with van der Waals surface area (Å²) < 4.78 is 46.5. The number of hydrogen-bond donors (Lipinski definition) is 0. The normalized spacial score (nSPS) is 22.8. The average molecular weight is 557 g/mol. The Hall–Kier alpha value is -3.56. The van der Waals surface area contributed by atoms with E-state index in [4.69, 9.17) is 37.9 Å². The molecule has 8 nitrogen and oxygen atoms in total. The van der Waals surface area contributed by atoms with Crippen LogP contribution in [0.2, 0.25) is 0 Å². The number of benzene rings is 4. The summed E-state index contributed by atoms with van der Waals surface area (Å²) in [6, 6.07) is 20.8. The number of fused-ring (bicyclic) bond motifs is 2. The molecule has 4 heterocycles. The number of rotatable bonds is 13. The molecule has 4 aliphatic heterocycles. The van der Waals surface area contributed by atoms with Crippen LogP contribution in [0, 0.1) is 0 Å². The van der Waals surface area contributed by atoms with Crippen LogP contribution >= 0.6 is 0 Å². The second kappa shape index (κ2) is 10.7. The summed E-state index contributed by atoms with van der Waals surface area (Å²) >= 11 is 0. The molecule has 0 radical (unpaired) electrons. The minimum Gasteiger partial charge on any atom is -0.491 e. The van der Waals surface area contributed by atoms with Crippen LogP contribution in [-0.2, 0) is 25.4 Å². The van der Waals surface area contributed by atoms with Crippen LogP contribution in [0.15, 0.2) is 60.7 Å². The summed E-state index contributed by atoms with van der Waals surface area (Å²) in [6.45, 7) is 5.07. The van der Waals surface area contributed by atoms with Gasteiger partial charge < -0.3 is 37.9 Å². The molecule has 0 bridgehead atoms. The Morgan fingerprint density at radius 3 is 1.56 bits per heavy atom. The first kappa shape index (κ1) is 25.2. The summed E-state index contributed by atoms with van der Waals surface area (Å²) in [7, 11) is 0. The van der Waals surface area contributed by atoms with Gasteiger partial charge >= 0.3 is 0 Å². The third-order valence-electron chi connectivity index (χ3n) is 7.88. The lowest BCUT2D eigenvalue weighted by molar-refractivity contribution is -0.0796. The largest absolute Gasteiger partial charge is 0.491 e. The van der Waals surface area contributed by atoms with Crippen molar-refractivity contribution in [1.29, 1.82) is 0 Å². The van der Waals surface area contributed by atoms with E-state index in [1.165, 1.54) is 0 Å². The molecule has 0 saturated carbocycles. The fourth-order valence-electron chi connectivity index (χ4n) is 5.18. The lowest BCUT2D eigenvalue weighted by Crippen LogP contribution is -2.38. The van der Waals surface area contributed by atoms with Gasteiger partial charge in [-0.15, -0.1) is 0 Å². The van der Waals surface area contributed by atoms with E-state index in [-0.39, 0.29) is 24.4 Å². The monoisotopic (exact) mass is 556 g/mol. The third-order valence-corrected chi connectivity index (χ3v) is 7.88. The van der Waals surface area contributed by atoms with Gasteiger partial charge in [-0.1, -0.05) is 24.3 Å². The van der Waals surface area contributed by atoms with E-state index in [2.05, 4.69) is 48.5 Å². The fourth-order valence-corrected chi connectivity index (χ4v) is 5.18. The van der Waals surface area contributed by atoms with Crippen LogP contribution in [0.3, 0.4) is 0 Å². The van der Waals surface area contributed by atoms with Gasteiger partial charge in [-0.3, -0.25) is 0 Å². The Kier molecular flexibility index (Phi) is 6.56. The average Bonchev–Trinajstić information content (AvgIpc) is 3.82. The molecule has 0 aromatic heterocycles. The molecule has 4 fully saturated rings. The molecule has 8 heteroatoms. The highest BCUT2D eigenvalue weighted by atomic mass is 16.6. The van der Waals surface area contributed by atoms with Crippen LogP contribution in [0.5, 0.6) is 23.0 Å². The minimum atomic E-state index is 0.0875. The summed E-state index contributed by atoms with van der Waals surface area (Å²) in [5, 5.41) is 4.41. The second-order valence-electron chi connectivity index (χ2n) is 11.1. The van der Waals surface area contributed by atoms with Crippen molar-refractivity contribution in [3.63, 3.8) is 0 Å². The maximum absolute atomic E-state index is 6.37. The zero-order valence-corrected chi connectivity index (χ0v) is 22.7. The quantitative estimate of drug-likeness (QED) is 0.219. The topological polar surface area (TPSA) is 83.7 Å². The predicted octanol–water partition coefficient (Wildman–Crippen LogP) is 4.69. The van der Waals surface area contributed by atoms with E-state index in [1.807, 2.05) is 12.1 Å². The molecule has 3 atom stereocenters. The third kappa shape index (κ3) is 5.78. The molecule has 0 spiro atoms. The lowest BCUT2D eigenvalue weighted by Gasteiger charge is -2.27. The first-order valence-electron chi connectivity index (χ1n) is 14.3. The number of hydrogen-bond acceptors (Lipinski definition) is 8. The van der Waals surface area contributed by atoms with Crippen LogP contribution in [0.1, 0.15) is 11.1 Å². The van der Waals surface area contributed by atoms with Crippen molar-refractivity contribution in [2.24, 2.45) is 0 Å². The van der Waals surface area contributed by atoms with E-state index in [0.29, 0.717) is 39.5 Å². The standard InChI is InChI=1S/C33H32O8/c1-5-22(35-14-24-15-36-24)9-28-20(1)3-7-32(39-18-25-16-37-25)30(28)11-31-29-10-23(41-27-12-34-13-27)6-2-21(29)4-8-33(31)40-19-26-17-38-26/h1-10,24-27H,11-19H2/t24?,25-,26?/m1/s1. The zero-order chi connectivity index (χ0) is 27.2. The Bertz CT molecular complexity index is 1560. The molecule has 212 valence electrons. The van der Waals surface area contributed by atoms with Crippen LogP contribution in [-0.4, -0.2) is 77.3 Å². The number of epoxide rings is 3. The summed E-state index contributed by atoms with van der Waals surface area (Å²) in [4.78, 5) is 0. The van der Waals surface area contributed by atoms with Gasteiger partial charge in [0.1, 0.15) is 67.2 Å². The van der Waals surface area contributed by atoms with E-state index in [1.54, 1.807) is 0 Å². The highest BCUT2D eigenvalue weighted by Gasteiger charge is 2.27. The van der Waals surface area contributed by atoms with Gasteiger partial charge in [0, 0.05) is 17.5 Å². The second-order valence-corrected chi connectivity index (χ2v) is 11.1. The smallest absolute Gasteiger partial charge is 0.145 e. The summed E-state index contributed by atoms with van der Waals surface area (Å²) in [5.74, 6) is 3.32. The Morgan fingerprint density at radius 2 is 1.05 bits per heavy atom. The van der Waals surface area contributed by atoms with E-state index < -0.39 is 0 Å². The molecule has 2 unspecified atom stereocenters. The zero-order valence-electron chi connectivity index (χ0n) is 22.7. The van der Waals surface area contributed by atoms with E-state index in [0.717, 1.165) is 75.5 Å². The fraction of sp³-hybridized carbons (Fsp3) is 0.394. The summed E-state index contributed by atoms with van der Waals surface area (Å²) in [6.07, 6.45) is 1.17. The molecular weight excluding hydrogens is 524 g/mol. The van der Waals surface area contributed by atoms with Crippen molar-refractivity contribution in [3.05, 3.63) is 71.8 Å². The maximum Gasteiger partial charge on any atom is 0.145 e. The molecule has 0 N–H and O–H groups in total. The van der Waals surface area contributed by atoms with Crippen molar-refractivity contribution in [1.82, 2.24) is 0 Å². The van der Waals surface area contributed by atoms with E-state index >= 15 is 0 Å². The van der Waals surface area contributed by atoms with Gasteiger partial charge in [0.2, 0.25) is 0 Å². The molecule has 8 rings (SSSR count). The molecule has 4 aromatic rings. The van der Waals surface area contributed by atoms with E-state index in [9.17, 15) is 0 Å². The van der Waals surface area contributed by atoms with Crippen molar-refractivity contribution < 1.29 is 37.9 Å².